The van der Waals surface area contributed by atoms with E-state index in [0.29, 0.717) is 11.9 Å². The van der Waals surface area contributed by atoms with E-state index in [4.69, 9.17) is 0 Å². The lowest BCUT2D eigenvalue weighted by Gasteiger charge is -2.08. The summed E-state index contributed by atoms with van der Waals surface area (Å²) in [5, 5.41) is 0.273. The molecule has 1 aromatic heterocycles. The number of ether oxygens (including phenoxy) is 1. The van der Waals surface area contributed by atoms with Crippen LogP contribution in [-0.4, -0.2) is 32.2 Å². The highest BCUT2D eigenvalue weighted by Crippen LogP contribution is 2.30. The van der Waals surface area contributed by atoms with Crippen LogP contribution >= 0.6 is 0 Å². The molecule has 0 atom stereocenters. The van der Waals surface area contributed by atoms with Gasteiger partial charge in [-0.3, -0.25) is 4.72 Å². The van der Waals surface area contributed by atoms with Crippen LogP contribution in [0.4, 0.5) is 10.1 Å². The van der Waals surface area contributed by atoms with Crippen molar-refractivity contribution in [3.63, 3.8) is 0 Å². The number of sulfonamides is 1. The number of benzene rings is 1. The molecule has 21 heavy (non-hydrogen) atoms. The van der Waals surface area contributed by atoms with E-state index in [0.717, 1.165) is 6.07 Å². The normalized spacial score (nSPS) is 11.6. The zero-order valence-corrected chi connectivity index (χ0v) is 12.4. The van der Waals surface area contributed by atoms with Crippen LogP contribution in [0.3, 0.4) is 0 Å². The lowest BCUT2D eigenvalue weighted by molar-refractivity contribution is 0.0596. The first-order valence-corrected chi connectivity index (χ1v) is 7.93. The van der Waals surface area contributed by atoms with Crippen molar-refractivity contribution >= 4 is 32.6 Å². The summed E-state index contributed by atoms with van der Waals surface area (Å²) in [6.45, 7) is 1.72. The van der Waals surface area contributed by atoms with Crippen molar-refractivity contribution in [2.75, 3.05) is 17.6 Å². The first-order chi connectivity index (χ1) is 9.88. The summed E-state index contributed by atoms with van der Waals surface area (Å²) in [5.41, 5.74) is 0.383. The molecule has 0 unspecified atom stereocenters. The summed E-state index contributed by atoms with van der Waals surface area (Å²) < 4.78 is 44.2. The Morgan fingerprint density at radius 1 is 1.43 bits per heavy atom. The van der Waals surface area contributed by atoms with Crippen molar-refractivity contribution in [1.82, 2.24) is 4.98 Å². The van der Waals surface area contributed by atoms with Crippen molar-refractivity contribution in [1.29, 1.82) is 0 Å². The van der Waals surface area contributed by atoms with Crippen molar-refractivity contribution in [2.24, 2.45) is 0 Å². The zero-order valence-electron chi connectivity index (χ0n) is 11.6. The number of aromatic amines is 1. The highest BCUT2D eigenvalue weighted by molar-refractivity contribution is 7.92. The van der Waals surface area contributed by atoms with Crippen molar-refractivity contribution in [3.8, 4) is 0 Å². The number of halogens is 1. The molecule has 1 heterocycles. The molecule has 0 bridgehead atoms. The number of aromatic nitrogens is 1. The first kappa shape index (κ1) is 15.3. The van der Waals surface area contributed by atoms with Gasteiger partial charge in [0.2, 0.25) is 10.0 Å². The van der Waals surface area contributed by atoms with Crippen LogP contribution in [-0.2, 0) is 14.8 Å². The molecule has 114 valence electrons. The third-order valence-corrected chi connectivity index (χ3v) is 4.34. The molecule has 0 spiro atoms. The second-order valence-corrected chi connectivity index (χ2v) is 6.32. The number of carbonyl (C=O) groups is 1. The predicted molar refractivity (Wildman–Crippen MR) is 77.3 cm³/mol. The van der Waals surface area contributed by atoms with Gasteiger partial charge in [-0.05, 0) is 24.6 Å². The van der Waals surface area contributed by atoms with Gasteiger partial charge in [0, 0.05) is 10.9 Å². The van der Waals surface area contributed by atoms with Gasteiger partial charge in [0.05, 0.1) is 18.6 Å². The number of H-pyrrole nitrogens is 1. The molecular weight excluding hydrogens is 299 g/mol. The minimum atomic E-state index is -3.62. The largest absolute Gasteiger partial charge is 0.464 e. The maximum atomic E-state index is 13.4. The number of hydrogen-bond acceptors (Lipinski definition) is 4. The van der Waals surface area contributed by atoms with Crippen LogP contribution in [0.25, 0.3) is 10.9 Å². The van der Waals surface area contributed by atoms with Gasteiger partial charge in [0.25, 0.3) is 0 Å². The van der Waals surface area contributed by atoms with Crippen LogP contribution < -0.4 is 4.72 Å². The van der Waals surface area contributed by atoms with Crippen molar-refractivity contribution in [2.45, 2.75) is 13.3 Å². The fourth-order valence-electron chi connectivity index (χ4n) is 2.00. The van der Waals surface area contributed by atoms with Crippen LogP contribution in [0.5, 0.6) is 0 Å². The number of methoxy groups -OCH3 is 1. The number of fused-ring (bicyclic) bond motifs is 1. The Bertz CT molecular complexity index is 783. The third kappa shape index (κ3) is 3.15. The number of anilines is 1. The van der Waals surface area contributed by atoms with Gasteiger partial charge in [-0.15, -0.1) is 0 Å². The molecule has 0 fully saturated rings. The zero-order chi connectivity index (χ0) is 15.6. The second-order valence-electron chi connectivity index (χ2n) is 4.48. The molecule has 0 amide bonds. The number of hydrogen-bond donors (Lipinski definition) is 2. The fourth-order valence-corrected chi connectivity index (χ4v) is 3.16. The number of nitrogens with one attached hydrogen (secondary N) is 2. The van der Waals surface area contributed by atoms with Gasteiger partial charge in [-0.1, -0.05) is 6.92 Å². The lowest BCUT2D eigenvalue weighted by atomic mass is 10.2. The van der Waals surface area contributed by atoms with Crippen molar-refractivity contribution < 1.29 is 22.3 Å². The van der Waals surface area contributed by atoms with Crippen LogP contribution in [0.2, 0.25) is 0 Å². The Morgan fingerprint density at radius 2 is 2.14 bits per heavy atom. The van der Waals surface area contributed by atoms with E-state index in [1.165, 1.54) is 19.2 Å². The van der Waals surface area contributed by atoms with E-state index in [1.54, 1.807) is 6.92 Å². The quantitative estimate of drug-likeness (QED) is 0.828. The highest BCUT2D eigenvalue weighted by Gasteiger charge is 2.22. The number of rotatable bonds is 5. The average molecular weight is 314 g/mol. The van der Waals surface area contributed by atoms with Gasteiger partial charge in [-0.25, -0.2) is 17.6 Å². The number of carbonyl (C=O) groups excluding carboxylic acids is 1. The van der Waals surface area contributed by atoms with E-state index < -0.39 is 21.8 Å². The molecule has 2 N–H and O–H groups in total. The first-order valence-electron chi connectivity index (χ1n) is 6.28. The Morgan fingerprint density at radius 3 is 2.76 bits per heavy atom. The lowest BCUT2D eigenvalue weighted by Crippen LogP contribution is -2.18. The summed E-state index contributed by atoms with van der Waals surface area (Å²) in [4.78, 5) is 14.5. The molecule has 1 aromatic carbocycles. The Balaban J connectivity index is 2.62. The molecule has 0 aliphatic heterocycles. The molecule has 0 radical (unpaired) electrons. The van der Waals surface area contributed by atoms with E-state index in [2.05, 4.69) is 14.4 Å². The molecule has 0 saturated carbocycles. The number of esters is 1. The smallest absolute Gasteiger partial charge is 0.356 e. The van der Waals surface area contributed by atoms with Gasteiger partial charge in [-0.2, -0.15) is 0 Å². The summed E-state index contributed by atoms with van der Waals surface area (Å²) >= 11 is 0. The highest BCUT2D eigenvalue weighted by atomic mass is 32.2. The summed E-state index contributed by atoms with van der Waals surface area (Å²) in [6, 6.07) is 3.79. The van der Waals surface area contributed by atoms with E-state index >= 15 is 0 Å². The maximum absolute atomic E-state index is 13.4. The standard InChI is InChI=1S/C13H15FN2O4S/c1-3-6-21(18,19)16-11-9-7-8(14)4-5-10(9)15-12(11)13(17)20-2/h4-5,7,15-16H,3,6H2,1-2H3. The van der Waals surface area contributed by atoms with Gasteiger partial charge in [0.15, 0.2) is 5.69 Å². The van der Waals surface area contributed by atoms with Crippen molar-refractivity contribution in [3.05, 3.63) is 29.7 Å². The maximum Gasteiger partial charge on any atom is 0.356 e. The van der Waals surface area contributed by atoms with Crippen LogP contribution in [0, 0.1) is 5.82 Å². The molecular formula is C13H15FN2O4S. The van der Waals surface area contributed by atoms with E-state index in [9.17, 15) is 17.6 Å². The molecule has 8 heteroatoms. The molecule has 0 saturated heterocycles. The minimum absolute atomic E-state index is 0.00444. The van der Waals surface area contributed by atoms with Gasteiger partial charge < -0.3 is 9.72 Å². The van der Waals surface area contributed by atoms with Gasteiger partial charge >= 0.3 is 5.97 Å². The van der Waals surface area contributed by atoms with Crippen LogP contribution in [0.1, 0.15) is 23.8 Å². The minimum Gasteiger partial charge on any atom is -0.464 e. The average Bonchev–Trinajstić information content (AvgIpc) is 2.75. The fraction of sp³-hybridized carbons (Fsp3) is 0.308. The monoisotopic (exact) mass is 314 g/mol. The second kappa shape index (κ2) is 5.72. The predicted octanol–water partition coefficient (Wildman–Crippen LogP) is 2.25. The molecule has 0 aliphatic carbocycles. The Labute approximate surface area is 121 Å². The topological polar surface area (TPSA) is 88.3 Å². The summed E-state index contributed by atoms with van der Waals surface area (Å²) in [5.74, 6) is -1.37. The van der Waals surface area contributed by atoms with E-state index in [1.807, 2.05) is 0 Å². The molecule has 2 rings (SSSR count). The Hall–Kier alpha value is -2.09. The molecule has 2 aromatic rings. The molecule has 0 aliphatic rings. The van der Waals surface area contributed by atoms with Gasteiger partial charge in [0.1, 0.15) is 5.82 Å². The Kier molecular flexibility index (Phi) is 4.17. The molecule has 6 nitrogen and oxygen atoms in total. The summed E-state index contributed by atoms with van der Waals surface area (Å²) in [7, 11) is -2.44. The summed E-state index contributed by atoms with van der Waals surface area (Å²) in [6.07, 6.45) is 0.416. The van der Waals surface area contributed by atoms with E-state index in [-0.39, 0.29) is 22.5 Å². The SMILES string of the molecule is CCCS(=O)(=O)Nc1c(C(=O)OC)[nH]c2ccc(F)cc12. The van der Waals surface area contributed by atoms with Crippen LogP contribution in [0.15, 0.2) is 18.2 Å². The third-order valence-electron chi connectivity index (χ3n) is 2.88.